The highest BCUT2D eigenvalue weighted by molar-refractivity contribution is 5.27. The van der Waals surface area contributed by atoms with E-state index in [4.69, 9.17) is 10.5 Å². The van der Waals surface area contributed by atoms with Crippen molar-refractivity contribution in [2.45, 2.75) is 57.7 Å². The summed E-state index contributed by atoms with van der Waals surface area (Å²) < 4.78 is 5.64. The van der Waals surface area contributed by atoms with Gasteiger partial charge in [0.1, 0.15) is 5.75 Å². The quantitative estimate of drug-likeness (QED) is 0.828. The molecule has 2 unspecified atom stereocenters. The van der Waals surface area contributed by atoms with Crippen LogP contribution in [0.5, 0.6) is 5.75 Å². The molecule has 1 aliphatic carbocycles. The molecule has 0 bridgehead atoms. The Morgan fingerprint density at radius 1 is 1.26 bits per heavy atom. The van der Waals surface area contributed by atoms with Crippen LogP contribution in [0.2, 0.25) is 0 Å². The van der Waals surface area contributed by atoms with Gasteiger partial charge in [0, 0.05) is 12.1 Å². The van der Waals surface area contributed by atoms with Crippen molar-refractivity contribution in [3.05, 3.63) is 29.8 Å². The summed E-state index contributed by atoms with van der Waals surface area (Å²) in [6, 6.07) is 9.26. The van der Waals surface area contributed by atoms with Gasteiger partial charge < -0.3 is 15.8 Å². The first-order chi connectivity index (χ1) is 9.15. The van der Waals surface area contributed by atoms with Crippen molar-refractivity contribution in [1.29, 1.82) is 0 Å². The SMILES string of the molecule is CC(C)Oc1ccc(CCNC2CCCC2N)cc1. The molecule has 19 heavy (non-hydrogen) atoms. The number of benzene rings is 1. The fourth-order valence-electron chi connectivity index (χ4n) is 2.65. The molecule has 1 aromatic carbocycles. The third-order valence-corrected chi connectivity index (χ3v) is 3.68. The first-order valence-corrected chi connectivity index (χ1v) is 7.39. The van der Waals surface area contributed by atoms with Gasteiger partial charge in [-0.05, 0) is 57.4 Å². The summed E-state index contributed by atoms with van der Waals surface area (Å²) in [6.45, 7) is 5.09. The van der Waals surface area contributed by atoms with Crippen LogP contribution in [-0.2, 0) is 6.42 Å². The van der Waals surface area contributed by atoms with Gasteiger partial charge in [-0.25, -0.2) is 0 Å². The summed E-state index contributed by atoms with van der Waals surface area (Å²) in [5, 5.41) is 3.57. The zero-order valence-corrected chi connectivity index (χ0v) is 12.1. The maximum absolute atomic E-state index is 6.05. The van der Waals surface area contributed by atoms with Crippen molar-refractivity contribution in [2.24, 2.45) is 5.73 Å². The lowest BCUT2D eigenvalue weighted by molar-refractivity contribution is 0.242. The van der Waals surface area contributed by atoms with Crippen molar-refractivity contribution in [3.63, 3.8) is 0 Å². The average molecular weight is 262 g/mol. The lowest BCUT2D eigenvalue weighted by Crippen LogP contribution is -2.41. The van der Waals surface area contributed by atoms with Gasteiger partial charge in [-0.1, -0.05) is 18.6 Å². The molecule has 3 heteroatoms. The molecule has 2 rings (SSSR count). The number of hydrogen-bond acceptors (Lipinski definition) is 3. The molecular formula is C16H26N2O. The molecule has 0 spiro atoms. The van der Waals surface area contributed by atoms with Gasteiger partial charge in [0.15, 0.2) is 0 Å². The average Bonchev–Trinajstić information content (AvgIpc) is 2.77. The first-order valence-electron chi connectivity index (χ1n) is 7.39. The lowest BCUT2D eigenvalue weighted by atomic mass is 10.1. The van der Waals surface area contributed by atoms with Gasteiger partial charge in [0.25, 0.3) is 0 Å². The van der Waals surface area contributed by atoms with Gasteiger partial charge in [0.05, 0.1) is 6.10 Å². The smallest absolute Gasteiger partial charge is 0.119 e. The Kier molecular flexibility index (Phi) is 5.23. The molecule has 0 heterocycles. The van der Waals surface area contributed by atoms with Gasteiger partial charge in [-0.3, -0.25) is 0 Å². The van der Waals surface area contributed by atoms with E-state index in [1.807, 2.05) is 13.8 Å². The highest BCUT2D eigenvalue weighted by atomic mass is 16.5. The Labute approximate surface area is 116 Å². The molecule has 2 atom stereocenters. The summed E-state index contributed by atoms with van der Waals surface area (Å²) in [6.07, 6.45) is 4.93. The van der Waals surface area contributed by atoms with Crippen LogP contribution in [0.3, 0.4) is 0 Å². The van der Waals surface area contributed by atoms with Crippen molar-refractivity contribution in [2.75, 3.05) is 6.54 Å². The van der Waals surface area contributed by atoms with E-state index in [9.17, 15) is 0 Å². The molecule has 0 radical (unpaired) electrons. The van der Waals surface area contributed by atoms with Crippen LogP contribution < -0.4 is 15.8 Å². The summed E-state index contributed by atoms with van der Waals surface area (Å²) in [7, 11) is 0. The predicted molar refractivity (Wildman–Crippen MR) is 79.5 cm³/mol. The molecule has 0 aliphatic heterocycles. The number of nitrogens with one attached hydrogen (secondary N) is 1. The molecular weight excluding hydrogens is 236 g/mol. The molecule has 1 fully saturated rings. The van der Waals surface area contributed by atoms with Gasteiger partial charge in [-0.2, -0.15) is 0 Å². The third-order valence-electron chi connectivity index (χ3n) is 3.68. The van der Waals surface area contributed by atoms with Crippen LogP contribution in [0, 0.1) is 0 Å². The van der Waals surface area contributed by atoms with E-state index in [2.05, 4.69) is 29.6 Å². The van der Waals surface area contributed by atoms with Crippen molar-refractivity contribution >= 4 is 0 Å². The zero-order chi connectivity index (χ0) is 13.7. The third kappa shape index (κ3) is 4.51. The topological polar surface area (TPSA) is 47.3 Å². The van der Waals surface area contributed by atoms with E-state index in [0.717, 1.165) is 18.7 Å². The van der Waals surface area contributed by atoms with Crippen molar-refractivity contribution in [3.8, 4) is 5.75 Å². The van der Waals surface area contributed by atoms with Gasteiger partial charge >= 0.3 is 0 Å². The highest BCUT2D eigenvalue weighted by Crippen LogP contribution is 2.17. The van der Waals surface area contributed by atoms with Crippen LogP contribution in [0.4, 0.5) is 0 Å². The lowest BCUT2D eigenvalue weighted by Gasteiger charge is -2.17. The highest BCUT2D eigenvalue weighted by Gasteiger charge is 2.22. The minimum absolute atomic E-state index is 0.233. The molecule has 106 valence electrons. The van der Waals surface area contributed by atoms with Crippen molar-refractivity contribution in [1.82, 2.24) is 5.32 Å². The first kappa shape index (κ1) is 14.4. The molecule has 1 saturated carbocycles. The second-order valence-electron chi connectivity index (χ2n) is 5.72. The summed E-state index contributed by atoms with van der Waals surface area (Å²) in [4.78, 5) is 0. The van der Waals surface area contributed by atoms with Gasteiger partial charge in [-0.15, -0.1) is 0 Å². The number of nitrogens with two attached hydrogens (primary N) is 1. The Balaban J connectivity index is 1.73. The normalized spacial score (nSPS) is 22.9. The predicted octanol–water partition coefficient (Wildman–Crippen LogP) is 2.49. The second-order valence-corrected chi connectivity index (χ2v) is 5.72. The van der Waals surface area contributed by atoms with Gasteiger partial charge in [0.2, 0.25) is 0 Å². The number of rotatable bonds is 6. The summed E-state index contributed by atoms with van der Waals surface area (Å²) >= 11 is 0. The maximum atomic E-state index is 6.05. The molecule has 0 aromatic heterocycles. The molecule has 0 amide bonds. The van der Waals surface area contributed by atoms with E-state index >= 15 is 0 Å². The Morgan fingerprint density at radius 2 is 2.00 bits per heavy atom. The van der Waals surface area contributed by atoms with Crippen LogP contribution in [0.1, 0.15) is 38.7 Å². The van der Waals surface area contributed by atoms with Crippen LogP contribution in [0.25, 0.3) is 0 Å². The van der Waals surface area contributed by atoms with E-state index in [1.165, 1.54) is 24.8 Å². The van der Waals surface area contributed by atoms with Crippen LogP contribution in [-0.4, -0.2) is 24.7 Å². The fraction of sp³-hybridized carbons (Fsp3) is 0.625. The Hall–Kier alpha value is -1.06. The molecule has 1 aliphatic rings. The molecule has 1 aromatic rings. The molecule has 3 N–H and O–H groups in total. The fourth-order valence-corrected chi connectivity index (χ4v) is 2.65. The van der Waals surface area contributed by atoms with Crippen LogP contribution >= 0.6 is 0 Å². The molecule has 3 nitrogen and oxygen atoms in total. The largest absolute Gasteiger partial charge is 0.491 e. The Morgan fingerprint density at radius 3 is 2.58 bits per heavy atom. The van der Waals surface area contributed by atoms with Crippen LogP contribution in [0.15, 0.2) is 24.3 Å². The van der Waals surface area contributed by atoms with E-state index in [0.29, 0.717) is 12.1 Å². The monoisotopic (exact) mass is 262 g/mol. The maximum Gasteiger partial charge on any atom is 0.119 e. The zero-order valence-electron chi connectivity index (χ0n) is 12.1. The minimum atomic E-state index is 0.233. The van der Waals surface area contributed by atoms with E-state index in [1.54, 1.807) is 0 Å². The standard InChI is InChI=1S/C16H26N2O/c1-12(2)19-14-8-6-13(7-9-14)10-11-18-16-5-3-4-15(16)17/h6-9,12,15-16,18H,3-5,10-11,17H2,1-2H3. The minimum Gasteiger partial charge on any atom is -0.491 e. The number of ether oxygens (including phenoxy) is 1. The number of hydrogen-bond donors (Lipinski definition) is 2. The van der Waals surface area contributed by atoms with E-state index < -0.39 is 0 Å². The molecule has 0 saturated heterocycles. The van der Waals surface area contributed by atoms with E-state index in [-0.39, 0.29) is 6.10 Å². The second kappa shape index (κ2) is 6.92. The summed E-state index contributed by atoms with van der Waals surface area (Å²) in [5.41, 5.74) is 7.39. The Bertz CT molecular complexity index is 375. The van der Waals surface area contributed by atoms with Crippen molar-refractivity contribution < 1.29 is 4.74 Å². The summed E-state index contributed by atoms with van der Waals surface area (Å²) in [5.74, 6) is 0.949.